The number of nitrogens with one attached hydrogen (secondary N) is 1. The minimum atomic E-state index is -0.985. The average Bonchev–Trinajstić information content (AvgIpc) is 2.34. The molecule has 0 spiro atoms. The van der Waals surface area contributed by atoms with Gasteiger partial charge in [0.1, 0.15) is 6.54 Å². The number of hydrogen-bond donors (Lipinski definition) is 2. The highest BCUT2D eigenvalue weighted by Gasteiger charge is 2.31. The summed E-state index contributed by atoms with van der Waals surface area (Å²) in [6.07, 6.45) is 6.36. The van der Waals surface area contributed by atoms with Gasteiger partial charge in [0.25, 0.3) is 0 Å². The average molecular weight is 302 g/mol. The number of nitrogens with zero attached hydrogens (tertiary/aromatic N) is 1. The van der Waals surface area contributed by atoms with Crippen molar-refractivity contribution >= 4 is 23.8 Å². The Bertz CT molecular complexity index is 355. The molecule has 0 heterocycles. The molecular formula is C14H26N2O3S. The molecule has 1 rings (SSSR count). The summed E-state index contributed by atoms with van der Waals surface area (Å²) >= 11 is 1.84. The van der Waals surface area contributed by atoms with Crippen molar-refractivity contribution in [2.45, 2.75) is 63.3 Å². The molecule has 20 heavy (non-hydrogen) atoms. The van der Waals surface area contributed by atoms with Gasteiger partial charge in [0, 0.05) is 16.8 Å². The molecule has 1 aliphatic rings. The fourth-order valence-electron chi connectivity index (χ4n) is 2.49. The first kappa shape index (κ1) is 17.1. The molecule has 2 atom stereocenters. The molecular weight excluding hydrogens is 276 g/mol. The Kier molecular flexibility index (Phi) is 6.17. The van der Waals surface area contributed by atoms with Gasteiger partial charge in [-0.05, 0) is 46.3 Å². The van der Waals surface area contributed by atoms with Crippen LogP contribution in [0.5, 0.6) is 0 Å². The fraction of sp³-hybridized carbons (Fsp3) is 0.857. The Balaban J connectivity index is 2.63. The van der Waals surface area contributed by atoms with Crippen molar-refractivity contribution in [2.75, 3.05) is 12.8 Å². The summed E-state index contributed by atoms with van der Waals surface area (Å²) in [7, 11) is 0. The van der Waals surface area contributed by atoms with Crippen molar-refractivity contribution in [3.05, 3.63) is 0 Å². The molecule has 6 heteroatoms. The number of aliphatic carboxylic acids is 1. The van der Waals surface area contributed by atoms with Crippen LogP contribution in [-0.4, -0.2) is 51.6 Å². The number of carbonyl (C=O) groups excluding carboxylic acids is 1. The second-order valence-electron chi connectivity index (χ2n) is 6.32. The van der Waals surface area contributed by atoms with Crippen LogP contribution < -0.4 is 5.32 Å². The van der Waals surface area contributed by atoms with Crippen molar-refractivity contribution in [3.8, 4) is 0 Å². The monoisotopic (exact) mass is 302 g/mol. The van der Waals surface area contributed by atoms with E-state index in [2.05, 4.69) is 11.6 Å². The molecule has 0 aromatic rings. The number of rotatable bonds is 4. The lowest BCUT2D eigenvalue weighted by Crippen LogP contribution is -2.55. The summed E-state index contributed by atoms with van der Waals surface area (Å²) in [6.45, 7) is 5.28. The van der Waals surface area contributed by atoms with Gasteiger partial charge in [-0.25, -0.2) is 4.79 Å². The first-order chi connectivity index (χ1) is 9.24. The smallest absolute Gasteiger partial charge is 0.323 e. The molecule has 1 fully saturated rings. The van der Waals surface area contributed by atoms with Crippen LogP contribution in [0, 0.1) is 0 Å². The maximum atomic E-state index is 12.3. The Labute approximate surface area is 125 Å². The van der Waals surface area contributed by atoms with Gasteiger partial charge >= 0.3 is 12.0 Å². The maximum absolute atomic E-state index is 12.3. The van der Waals surface area contributed by atoms with Gasteiger partial charge < -0.3 is 15.3 Å². The minimum absolute atomic E-state index is 0.160. The van der Waals surface area contributed by atoms with E-state index in [4.69, 9.17) is 5.11 Å². The fourth-order valence-corrected chi connectivity index (χ4v) is 3.32. The van der Waals surface area contributed by atoms with Crippen LogP contribution in [0.2, 0.25) is 0 Å². The van der Waals surface area contributed by atoms with E-state index in [1.807, 2.05) is 32.5 Å². The second kappa shape index (κ2) is 7.20. The van der Waals surface area contributed by atoms with Crippen molar-refractivity contribution in [1.82, 2.24) is 10.2 Å². The number of carboxylic acid groups (broad SMARTS) is 1. The van der Waals surface area contributed by atoms with Gasteiger partial charge in [-0.15, -0.1) is 0 Å². The van der Waals surface area contributed by atoms with Crippen LogP contribution in [0.4, 0.5) is 4.79 Å². The van der Waals surface area contributed by atoms with E-state index in [1.54, 1.807) is 0 Å². The molecule has 2 N–H and O–H groups in total. The number of carboxylic acids is 1. The van der Waals surface area contributed by atoms with Gasteiger partial charge in [-0.1, -0.05) is 6.42 Å². The quantitative estimate of drug-likeness (QED) is 0.837. The highest BCUT2D eigenvalue weighted by molar-refractivity contribution is 7.99. The third-order valence-corrected chi connectivity index (χ3v) is 4.73. The van der Waals surface area contributed by atoms with Gasteiger partial charge in [-0.2, -0.15) is 11.8 Å². The molecule has 0 bridgehead atoms. The predicted molar refractivity (Wildman–Crippen MR) is 82.2 cm³/mol. The van der Waals surface area contributed by atoms with Gasteiger partial charge in [-0.3, -0.25) is 4.79 Å². The highest BCUT2D eigenvalue weighted by atomic mass is 32.2. The topological polar surface area (TPSA) is 69.6 Å². The summed E-state index contributed by atoms with van der Waals surface area (Å²) in [6, 6.07) is -0.112. The van der Waals surface area contributed by atoms with Gasteiger partial charge in [0.15, 0.2) is 0 Å². The minimum Gasteiger partial charge on any atom is -0.480 e. The van der Waals surface area contributed by atoms with Gasteiger partial charge in [0.05, 0.1) is 0 Å². The zero-order valence-corrected chi connectivity index (χ0v) is 13.6. The highest BCUT2D eigenvalue weighted by Crippen LogP contribution is 2.27. The Morgan fingerprint density at radius 2 is 2.00 bits per heavy atom. The van der Waals surface area contributed by atoms with Crippen LogP contribution in [0.1, 0.15) is 46.5 Å². The molecule has 0 aliphatic heterocycles. The van der Waals surface area contributed by atoms with E-state index in [1.165, 1.54) is 11.3 Å². The summed E-state index contributed by atoms with van der Waals surface area (Å²) < 4.78 is 0. The van der Waals surface area contributed by atoms with Crippen LogP contribution >= 0.6 is 11.8 Å². The molecule has 1 saturated carbocycles. The lowest BCUT2D eigenvalue weighted by atomic mass is 9.95. The number of hydrogen-bond acceptors (Lipinski definition) is 3. The molecule has 2 unspecified atom stereocenters. The molecule has 0 radical (unpaired) electrons. The number of amides is 2. The van der Waals surface area contributed by atoms with Crippen LogP contribution in [0.25, 0.3) is 0 Å². The Morgan fingerprint density at radius 3 is 2.50 bits per heavy atom. The van der Waals surface area contributed by atoms with E-state index in [-0.39, 0.29) is 18.6 Å². The number of carbonyl (C=O) groups is 2. The van der Waals surface area contributed by atoms with Crippen LogP contribution in [-0.2, 0) is 4.79 Å². The van der Waals surface area contributed by atoms with E-state index in [0.29, 0.717) is 5.25 Å². The zero-order chi connectivity index (χ0) is 15.3. The maximum Gasteiger partial charge on any atom is 0.323 e. The lowest BCUT2D eigenvalue weighted by molar-refractivity contribution is -0.138. The van der Waals surface area contributed by atoms with Crippen molar-refractivity contribution in [2.24, 2.45) is 0 Å². The van der Waals surface area contributed by atoms with E-state index in [9.17, 15) is 9.59 Å². The summed E-state index contributed by atoms with van der Waals surface area (Å²) in [5, 5.41) is 12.6. The first-order valence-corrected chi connectivity index (χ1v) is 8.35. The molecule has 1 aliphatic carbocycles. The third-order valence-electron chi connectivity index (χ3n) is 3.64. The van der Waals surface area contributed by atoms with Crippen LogP contribution in [0.15, 0.2) is 0 Å². The van der Waals surface area contributed by atoms with E-state index >= 15 is 0 Å². The van der Waals surface area contributed by atoms with E-state index < -0.39 is 11.5 Å². The molecule has 2 amide bonds. The van der Waals surface area contributed by atoms with Crippen LogP contribution in [0.3, 0.4) is 0 Å². The number of urea groups is 1. The SMILES string of the molecule is CSC1CCCC(NC(=O)N(CC(=O)O)C(C)(C)C)C1. The van der Waals surface area contributed by atoms with Crippen molar-refractivity contribution < 1.29 is 14.7 Å². The molecule has 5 nitrogen and oxygen atoms in total. The zero-order valence-electron chi connectivity index (χ0n) is 12.8. The first-order valence-electron chi connectivity index (χ1n) is 7.06. The van der Waals surface area contributed by atoms with E-state index in [0.717, 1.165) is 19.3 Å². The summed E-state index contributed by atoms with van der Waals surface area (Å²) in [4.78, 5) is 24.6. The molecule has 116 valence electrons. The molecule has 0 aromatic heterocycles. The number of thioether (sulfide) groups is 1. The molecule has 0 saturated heterocycles. The standard InChI is InChI=1S/C14H26N2O3S/c1-14(2,3)16(9-12(17)18)13(19)15-10-6-5-7-11(8-10)20-4/h10-11H,5-9H2,1-4H3,(H,15,19)(H,17,18). The lowest BCUT2D eigenvalue weighted by Gasteiger charge is -2.37. The largest absolute Gasteiger partial charge is 0.480 e. The van der Waals surface area contributed by atoms with Gasteiger partial charge in [0.2, 0.25) is 0 Å². The molecule has 0 aromatic carbocycles. The van der Waals surface area contributed by atoms with Crippen molar-refractivity contribution in [3.63, 3.8) is 0 Å². The van der Waals surface area contributed by atoms with Crippen molar-refractivity contribution in [1.29, 1.82) is 0 Å². The normalized spacial score (nSPS) is 23.2. The summed E-state index contributed by atoms with van der Waals surface area (Å²) in [5.74, 6) is -0.985. The Morgan fingerprint density at radius 1 is 1.35 bits per heavy atom. The third kappa shape index (κ3) is 5.23. The summed E-state index contributed by atoms with van der Waals surface area (Å²) in [5.41, 5.74) is -0.504. The predicted octanol–water partition coefficient (Wildman–Crippen LogP) is 2.56. The Hall–Kier alpha value is -0.910. The second-order valence-corrected chi connectivity index (χ2v) is 7.46.